The van der Waals surface area contributed by atoms with Crippen LogP contribution in [0.5, 0.6) is 0 Å². The molecule has 0 fully saturated rings. The molecule has 1 N–H and O–H groups in total. The van der Waals surface area contributed by atoms with E-state index in [0.717, 1.165) is 0 Å². The third kappa shape index (κ3) is 1.97. The summed E-state index contributed by atoms with van der Waals surface area (Å²) >= 11 is 3.08. The summed E-state index contributed by atoms with van der Waals surface area (Å²) < 4.78 is 13.3. The van der Waals surface area contributed by atoms with Crippen molar-refractivity contribution in [3.05, 3.63) is 28.2 Å². The molecule has 4 heteroatoms. The smallest absolute Gasteiger partial charge is 0.147 e. The average molecular weight is 220 g/mol. The summed E-state index contributed by atoms with van der Waals surface area (Å²) in [5.74, 6) is -0.483. The summed E-state index contributed by atoms with van der Waals surface area (Å²) in [7, 11) is 0. The molecule has 0 saturated heterocycles. The number of aliphatic hydroxyl groups is 1. The van der Waals surface area contributed by atoms with Crippen molar-refractivity contribution in [3.63, 3.8) is 0 Å². The molecule has 1 rings (SSSR count). The Morgan fingerprint density at radius 3 is 2.73 bits per heavy atom. The van der Waals surface area contributed by atoms with Crippen LogP contribution in [0.25, 0.3) is 0 Å². The second kappa shape index (κ2) is 3.28. The number of rotatable bonds is 1. The highest BCUT2D eigenvalue weighted by Crippen LogP contribution is 2.16. The van der Waals surface area contributed by atoms with Crippen LogP contribution in [-0.2, 0) is 0 Å². The fraction of sp³-hybridized carbons (Fsp3) is 0.286. The van der Waals surface area contributed by atoms with Crippen LogP contribution in [0.4, 0.5) is 4.39 Å². The molecular weight excluding hydrogens is 213 g/mol. The van der Waals surface area contributed by atoms with Gasteiger partial charge in [-0.25, -0.2) is 9.37 Å². The Bertz CT molecular complexity index is 265. The van der Waals surface area contributed by atoms with Gasteiger partial charge in [0.25, 0.3) is 0 Å². The molecule has 1 aromatic heterocycles. The fourth-order valence-electron chi connectivity index (χ4n) is 0.726. The normalized spacial score (nSPS) is 13.1. The predicted octanol–water partition coefficient (Wildman–Crippen LogP) is 2.04. The molecule has 1 atom stereocenters. The van der Waals surface area contributed by atoms with Crippen molar-refractivity contribution in [1.29, 1.82) is 0 Å². The van der Waals surface area contributed by atoms with Crippen LogP contribution in [0, 0.1) is 5.82 Å². The van der Waals surface area contributed by atoms with Gasteiger partial charge in [0.1, 0.15) is 16.1 Å². The molecular formula is C7H7BrFNO. The van der Waals surface area contributed by atoms with E-state index in [2.05, 4.69) is 20.9 Å². The Labute approximate surface area is 72.2 Å². The molecule has 0 saturated carbocycles. The SMILES string of the molecule is CC(O)c1nc(Br)ccc1F. The number of hydrogen-bond acceptors (Lipinski definition) is 2. The number of pyridine rings is 1. The van der Waals surface area contributed by atoms with Crippen LogP contribution < -0.4 is 0 Å². The molecule has 0 radical (unpaired) electrons. The van der Waals surface area contributed by atoms with E-state index in [4.69, 9.17) is 5.11 Å². The van der Waals surface area contributed by atoms with Crippen LogP contribution in [0.1, 0.15) is 18.7 Å². The van der Waals surface area contributed by atoms with Gasteiger partial charge in [0.05, 0.1) is 6.10 Å². The highest BCUT2D eigenvalue weighted by Gasteiger charge is 2.09. The number of aliphatic hydroxyl groups excluding tert-OH is 1. The van der Waals surface area contributed by atoms with Gasteiger partial charge in [-0.1, -0.05) is 0 Å². The number of aromatic nitrogens is 1. The predicted molar refractivity (Wildman–Crippen MR) is 42.5 cm³/mol. The van der Waals surface area contributed by atoms with Crippen LogP contribution in [0.2, 0.25) is 0 Å². The molecule has 1 heterocycles. The first-order chi connectivity index (χ1) is 5.11. The lowest BCUT2D eigenvalue weighted by Gasteiger charge is -2.04. The zero-order valence-electron chi connectivity index (χ0n) is 5.88. The van der Waals surface area contributed by atoms with Crippen LogP contribution in [0.3, 0.4) is 0 Å². The van der Waals surface area contributed by atoms with Gasteiger partial charge < -0.3 is 5.11 Å². The van der Waals surface area contributed by atoms with Gasteiger partial charge >= 0.3 is 0 Å². The van der Waals surface area contributed by atoms with E-state index in [9.17, 15) is 4.39 Å². The van der Waals surface area contributed by atoms with Crippen molar-refractivity contribution in [2.75, 3.05) is 0 Å². The molecule has 0 aliphatic rings. The van der Waals surface area contributed by atoms with E-state index in [-0.39, 0.29) is 5.69 Å². The molecule has 1 aromatic rings. The van der Waals surface area contributed by atoms with Crippen LogP contribution >= 0.6 is 15.9 Å². The zero-order chi connectivity index (χ0) is 8.43. The lowest BCUT2D eigenvalue weighted by Crippen LogP contribution is -1.99. The Morgan fingerprint density at radius 1 is 1.64 bits per heavy atom. The van der Waals surface area contributed by atoms with Crippen molar-refractivity contribution in [2.45, 2.75) is 13.0 Å². The lowest BCUT2D eigenvalue weighted by molar-refractivity contribution is 0.188. The third-order valence-electron chi connectivity index (χ3n) is 1.23. The minimum absolute atomic E-state index is 0.0689. The van der Waals surface area contributed by atoms with Gasteiger partial charge in [0, 0.05) is 0 Å². The van der Waals surface area contributed by atoms with E-state index in [1.807, 2.05) is 0 Å². The van der Waals surface area contributed by atoms with Gasteiger partial charge in [-0.05, 0) is 35.0 Å². The summed E-state index contributed by atoms with van der Waals surface area (Å²) in [4.78, 5) is 3.76. The van der Waals surface area contributed by atoms with Crippen molar-refractivity contribution < 1.29 is 9.50 Å². The molecule has 11 heavy (non-hydrogen) atoms. The molecule has 0 aliphatic carbocycles. The molecule has 0 spiro atoms. The fourth-order valence-corrected chi connectivity index (χ4v) is 1.05. The minimum Gasteiger partial charge on any atom is -0.387 e. The molecule has 2 nitrogen and oxygen atoms in total. The quantitative estimate of drug-likeness (QED) is 0.734. The van der Waals surface area contributed by atoms with E-state index in [1.54, 1.807) is 0 Å². The summed E-state index contributed by atoms with van der Waals surface area (Å²) in [6, 6.07) is 2.75. The second-order valence-electron chi connectivity index (χ2n) is 2.18. The maximum Gasteiger partial charge on any atom is 0.147 e. The van der Waals surface area contributed by atoms with Crippen molar-refractivity contribution in [2.24, 2.45) is 0 Å². The van der Waals surface area contributed by atoms with Crippen LogP contribution in [-0.4, -0.2) is 10.1 Å². The van der Waals surface area contributed by atoms with E-state index in [0.29, 0.717) is 4.60 Å². The van der Waals surface area contributed by atoms with E-state index >= 15 is 0 Å². The number of nitrogens with zero attached hydrogens (tertiary/aromatic N) is 1. The maximum atomic E-state index is 12.8. The first-order valence-electron chi connectivity index (χ1n) is 3.11. The van der Waals surface area contributed by atoms with Gasteiger partial charge in [-0.2, -0.15) is 0 Å². The van der Waals surface area contributed by atoms with Crippen molar-refractivity contribution in [1.82, 2.24) is 4.98 Å². The van der Waals surface area contributed by atoms with Gasteiger partial charge in [-0.3, -0.25) is 0 Å². The number of hydrogen-bond donors (Lipinski definition) is 1. The third-order valence-corrected chi connectivity index (χ3v) is 1.68. The summed E-state index contributed by atoms with van der Waals surface area (Å²) in [5.41, 5.74) is 0.0689. The Morgan fingerprint density at radius 2 is 2.27 bits per heavy atom. The first kappa shape index (κ1) is 8.62. The van der Waals surface area contributed by atoms with Crippen LogP contribution in [0.15, 0.2) is 16.7 Å². The summed E-state index contributed by atoms with van der Waals surface area (Å²) in [6.45, 7) is 1.47. The van der Waals surface area contributed by atoms with E-state index < -0.39 is 11.9 Å². The molecule has 0 aliphatic heterocycles. The number of halogens is 2. The zero-order valence-corrected chi connectivity index (χ0v) is 7.47. The highest BCUT2D eigenvalue weighted by molar-refractivity contribution is 9.10. The monoisotopic (exact) mass is 219 g/mol. The molecule has 0 aromatic carbocycles. The molecule has 0 amide bonds. The van der Waals surface area contributed by atoms with Gasteiger partial charge in [-0.15, -0.1) is 0 Å². The lowest BCUT2D eigenvalue weighted by atomic mass is 10.2. The van der Waals surface area contributed by atoms with Gasteiger partial charge in [0.15, 0.2) is 0 Å². The van der Waals surface area contributed by atoms with E-state index in [1.165, 1.54) is 19.1 Å². The highest BCUT2D eigenvalue weighted by atomic mass is 79.9. The summed E-state index contributed by atoms with van der Waals surface area (Å²) in [5, 5.41) is 9.01. The Kier molecular flexibility index (Phi) is 2.57. The van der Waals surface area contributed by atoms with Gasteiger partial charge in [0.2, 0.25) is 0 Å². The topological polar surface area (TPSA) is 33.1 Å². The molecule has 0 bridgehead atoms. The standard InChI is InChI=1S/C7H7BrFNO/c1-4(11)7-5(9)2-3-6(8)10-7/h2-4,11H,1H3. The second-order valence-corrected chi connectivity index (χ2v) is 2.99. The minimum atomic E-state index is -0.868. The summed E-state index contributed by atoms with van der Waals surface area (Å²) in [6.07, 6.45) is -0.868. The largest absolute Gasteiger partial charge is 0.387 e. The Balaban J connectivity index is 3.13. The molecule has 1 unspecified atom stereocenters. The first-order valence-corrected chi connectivity index (χ1v) is 3.90. The van der Waals surface area contributed by atoms with Crippen molar-refractivity contribution in [3.8, 4) is 0 Å². The maximum absolute atomic E-state index is 12.8. The van der Waals surface area contributed by atoms with Crippen molar-refractivity contribution >= 4 is 15.9 Å². The Hall–Kier alpha value is -0.480. The molecule has 60 valence electrons. The average Bonchev–Trinajstić information content (AvgIpc) is 1.94.